The lowest BCUT2D eigenvalue weighted by molar-refractivity contribution is -0.167. The van der Waals surface area contributed by atoms with Crippen molar-refractivity contribution in [2.45, 2.75) is 291 Å². The van der Waals surface area contributed by atoms with Gasteiger partial charge in [-0.3, -0.25) is 14.4 Å². The molecule has 0 rings (SSSR count). The third-order valence-corrected chi connectivity index (χ3v) is 13.4. The highest BCUT2D eigenvalue weighted by Crippen LogP contribution is 2.18. The van der Waals surface area contributed by atoms with Gasteiger partial charge in [0, 0.05) is 25.8 Å². The molecule has 0 amide bonds. The van der Waals surface area contributed by atoms with Gasteiger partial charge in [-0.2, -0.15) is 0 Å². The summed E-state index contributed by atoms with van der Waals surface area (Å²) in [6.45, 7) is 13.5. The molecule has 0 spiro atoms. The van der Waals surface area contributed by atoms with Crippen molar-refractivity contribution in [3.63, 3.8) is 0 Å². The Bertz CT molecular complexity index is 1310. The van der Waals surface area contributed by atoms with Gasteiger partial charge >= 0.3 is 24.1 Å². The Hall–Kier alpha value is -3.40. The first-order valence-electron chi connectivity index (χ1n) is 30.5. The number of ether oxygens (including phenoxy) is 5. The molecule has 0 aliphatic heterocycles. The predicted molar refractivity (Wildman–Crippen MR) is 305 cm³/mol. The molecule has 0 aliphatic carbocycles. The second-order valence-electron chi connectivity index (χ2n) is 20.2. The van der Waals surface area contributed by atoms with Crippen molar-refractivity contribution in [1.29, 1.82) is 0 Å². The smallest absolute Gasteiger partial charge is 0.462 e. The summed E-state index contributed by atoms with van der Waals surface area (Å²) in [6, 6.07) is 0. The second-order valence-corrected chi connectivity index (χ2v) is 20.2. The molecule has 0 aliphatic rings. The summed E-state index contributed by atoms with van der Waals surface area (Å²) < 4.78 is 28.2. The van der Waals surface area contributed by atoms with Crippen molar-refractivity contribution in [2.75, 3.05) is 39.5 Å². The van der Waals surface area contributed by atoms with E-state index in [1.54, 1.807) is 0 Å². The number of unbranched alkanes of at least 4 members (excludes halogenated alkanes) is 25. The Morgan fingerprint density at radius 2 is 0.767 bits per heavy atom. The highest BCUT2D eigenvalue weighted by atomic mass is 16.7. The fraction of sp³-hybridized carbons (Fsp3) is 0.810. The number of nitrogens with zero attached hydrogens (tertiary/aromatic N) is 1. The standard InChI is InChI=1S/C63H113NO9/c1-6-11-14-17-20-23-26-28-30-32-34-37-40-43-46-50-60(65)70-56-59(57-71-61(66)51-47-44-41-38-35-33-31-29-27-24-21-18-15-12-7-2)72-62(67)53-52-58(49-45-42-39-36-25-22-19-16-13-8-3)73-63(68)69-55-48-54-64(9-4)10-5/h20-21,23-24,28-31,58-59H,6-19,22,25-27,32-57H2,1-5H3/b23-20-,24-21-,30-28-,31-29-. The van der Waals surface area contributed by atoms with Crippen LogP contribution in [0.1, 0.15) is 279 Å². The van der Waals surface area contributed by atoms with Crippen molar-refractivity contribution < 1.29 is 42.9 Å². The van der Waals surface area contributed by atoms with Gasteiger partial charge in [0.15, 0.2) is 6.10 Å². The van der Waals surface area contributed by atoms with E-state index in [0.717, 1.165) is 129 Å². The lowest BCUT2D eigenvalue weighted by Gasteiger charge is -2.20. The zero-order chi connectivity index (χ0) is 53.3. The number of carbonyl (C=O) groups is 4. The Labute approximate surface area is 449 Å². The fourth-order valence-corrected chi connectivity index (χ4v) is 8.59. The number of hydrogen-bond acceptors (Lipinski definition) is 10. The topological polar surface area (TPSA) is 118 Å². The molecule has 0 aromatic carbocycles. The number of hydrogen-bond donors (Lipinski definition) is 0. The normalized spacial score (nSPS) is 12.3. The van der Waals surface area contributed by atoms with Crippen LogP contribution < -0.4 is 0 Å². The molecule has 0 N–H and O–H groups in total. The fourth-order valence-electron chi connectivity index (χ4n) is 8.59. The van der Waals surface area contributed by atoms with Crippen LogP contribution in [0.5, 0.6) is 0 Å². The number of carbonyl (C=O) groups excluding carboxylic acids is 4. The first-order valence-corrected chi connectivity index (χ1v) is 30.5. The lowest BCUT2D eigenvalue weighted by Crippen LogP contribution is -2.31. The third kappa shape index (κ3) is 51.9. The van der Waals surface area contributed by atoms with Gasteiger partial charge < -0.3 is 28.6 Å². The van der Waals surface area contributed by atoms with Gasteiger partial charge in [-0.25, -0.2) is 4.79 Å². The van der Waals surface area contributed by atoms with Crippen LogP contribution in [-0.4, -0.2) is 80.6 Å². The molecule has 0 aromatic heterocycles. The largest absolute Gasteiger partial charge is 0.508 e. The van der Waals surface area contributed by atoms with Gasteiger partial charge in [0.1, 0.15) is 19.3 Å². The molecule has 0 saturated heterocycles. The minimum absolute atomic E-state index is 0.00596. The van der Waals surface area contributed by atoms with E-state index >= 15 is 0 Å². The Balaban J connectivity index is 5.15. The van der Waals surface area contributed by atoms with E-state index in [1.165, 1.54) is 96.3 Å². The molecule has 10 nitrogen and oxygen atoms in total. The molecule has 424 valence electrons. The van der Waals surface area contributed by atoms with Gasteiger partial charge in [0.25, 0.3) is 0 Å². The molecule has 0 heterocycles. The molecule has 0 bridgehead atoms. The van der Waals surface area contributed by atoms with E-state index < -0.39 is 24.3 Å². The van der Waals surface area contributed by atoms with E-state index in [-0.39, 0.29) is 57.4 Å². The lowest BCUT2D eigenvalue weighted by atomic mass is 10.0. The summed E-state index contributed by atoms with van der Waals surface area (Å²) in [5.41, 5.74) is 0. The zero-order valence-corrected chi connectivity index (χ0v) is 48.0. The zero-order valence-electron chi connectivity index (χ0n) is 48.0. The molecule has 1 atom stereocenters. The summed E-state index contributed by atoms with van der Waals surface area (Å²) in [7, 11) is 0. The van der Waals surface area contributed by atoms with Crippen LogP contribution in [0.25, 0.3) is 0 Å². The van der Waals surface area contributed by atoms with Crippen LogP contribution in [0.3, 0.4) is 0 Å². The third-order valence-electron chi connectivity index (χ3n) is 13.4. The monoisotopic (exact) mass is 1030 g/mol. The first kappa shape index (κ1) is 69.6. The van der Waals surface area contributed by atoms with Crippen LogP contribution in [0.2, 0.25) is 0 Å². The molecule has 0 fully saturated rings. The van der Waals surface area contributed by atoms with Crippen LogP contribution in [-0.2, 0) is 38.1 Å². The maximum Gasteiger partial charge on any atom is 0.508 e. The molecule has 1 unspecified atom stereocenters. The molecular weight excluding hydrogens is 915 g/mol. The van der Waals surface area contributed by atoms with Crippen molar-refractivity contribution >= 4 is 24.1 Å². The van der Waals surface area contributed by atoms with Crippen LogP contribution in [0.15, 0.2) is 48.6 Å². The van der Waals surface area contributed by atoms with Crippen molar-refractivity contribution in [3.8, 4) is 0 Å². The van der Waals surface area contributed by atoms with Gasteiger partial charge in [-0.1, -0.05) is 205 Å². The predicted octanol–water partition coefficient (Wildman–Crippen LogP) is 18.0. The molecule has 0 radical (unpaired) electrons. The summed E-state index contributed by atoms with van der Waals surface area (Å²) in [5, 5.41) is 0. The Kier molecular flexibility index (Phi) is 53.7. The molecule has 73 heavy (non-hydrogen) atoms. The van der Waals surface area contributed by atoms with E-state index in [4.69, 9.17) is 23.7 Å². The van der Waals surface area contributed by atoms with Crippen LogP contribution >= 0.6 is 0 Å². The van der Waals surface area contributed by atoms with Crippen molar-refractivity contribution in [3.05, 3.63) is 48.6 Å². The highest BCUT2D eigenvalue weighted by Gasteiger charge is 2.22. The van der Waals surface area contributed by atoms with Crippen molar-refractivity contribution in [2.24, 2.45) is 0 Å². The molecule has 10 heteroatoms. The van der Waals surface area contributed by atoms with E-state index in [1.807, 2.05) is 0 Å². The van der Waals surface area contributed by atoms with Gasteiger partial charge in [0.05, 0.1) is 6.61 Å². The van der Waals surface area contributed by atoms with Gasteiger partial charge in [0.2, 0.25) is 0 Å². The highest BCUT2D eigenvalue weighted by molar-refractivity contribution is 5.71. The number of allylic oxidation sites excluding steroid dienone is 8. The van der Waals surface area contributed by atoms with E-state index in [9.17, 15) is 19.2 Å². The number of rotatable bonds is 54. The maximum absolute atomic E-state index is 13.4. The summed E-state index contributed by atoms with van der Waals surface area (Å²) in [5.74, 6) is -1.24. The minimum atomic E-state index is -0.938. The SMILES string of the molecule is CCCCC/C=C\C/C=C\CCCCCCCC(=O)OCC(COC(=O)CCCCCCC/C=C\C/C=C\CCCCC)OC(=O)CCC(CCCCCCCCCCCC)OC(=O)OCCCN(CC)CC. The summed E-state index contributed by atoms with van der Waals surface area (Å²) >= 11 is 0. The van der Waals surface area contributed by atoms with Gasteiger partial charge in [-0.05, 0) is 116 Å². The maximum atomic E-state index is 13.4. The van der Waals surface area contributed by atoms with Crippen molar-refractivity contribution in [1.82, 2.24) is 4.90 Å². The second kappa shape index (κ2) is 56.3. The Morgan fingerprint density at radius 3 is 1.22 bits per heavy atom. The summed E-state index contributed by atoms with van der Waals surface area (Å²) in [6.07, 6.45) is 54.2. The Morgan fingerprint density at radius 1 is 0.370 bits per heavy atom. The minimum Gasteiger partial charge on any atom is -0.462 e. The van der Waals surface area contributed by atoms with Crippen LogP contribution in [0.4, 0.5) is 4.79 Å². The average molecular weight is 1030 g/mol. The van der Waals surface area contributed by atoms with E-state index in [0.29, 0.717) is 12.8 Å². The summed E-state index contributed by atoms with van der Waals surface area (Å²) in [4.78, 5) is 54.1. The quantitative estimate of drug-likeness (QED) is 0.0252. The molecular formula is C63H113NO9. The molecule has 0 aromatic rings. The average Bonchev–Trinajstić information content (AvgIpc) is 3.39. The first-order chi connectivity index (χ1) is 35.8. The van der Waals surface area contributed by atoms with Crippen LogP contribution in [0, 0.1) is 0 Å². The number of esters is 3. The van der Waals surface area contributed by atoms with E-state index in [2.05, 4.69) is 88.1 Å². The molecule has 0 saturated carbocycles. The van der Waals surface area contributed by atoms with Gasteiger partial charge in [-0.15, -0.1) is 0 Å².